The van der Waals surface area contributed by atoms with E-state index in [1.54, 1.807) is 30.3 Å². The molecule has 2 aliphatic heterocycles. The normalized spacial score (nSPS) is 18.8. The van der Waals surface area contributed by atoms with Gasteiger partial charge in [-0.05, 0) is 43.0 Å². The Balaban J connectivity index is 1.57. The third-order valence-corrected chi connectivity index (χ3v) is 5.37. The fraction of sp³-hybridized carbons (Fsp3) is 0.318. The number of carbonyl (C=O) groups is 3. The highest BCUT2D eigenvalue weighted by molar-refractivity contribution is 6.08. The van der Waals surface area contributed by atoms with E-state index in [-0.39, 0.29) is 24.1 Å². The van der Waals surface area contributed by atoms with Crippen LogP contribution in [0.5, 0.6) is 0 Å². The van der Waals surface area contributed by atoms with Gasteiger partial charge in [-0.1, -0.05) is 30.3 Å². The molecule has 1 fully saturated rings. The maximum Gasteiger partial charge on any atom is 0.255 e. The molecule has 6 nitrogen and oxygen atoms in total. The van der Waals surface area contributed by atoms with Crippen LogP contribution < -0.4 is 10.6 Å². The van der Waals surface area contributed by atoms with Crippen molar-refractivity contribution in [2.75, 3.05) is 23.7 Å². The van der Waals surface area contributed by atoms with E-state index < -0.39 is 5.92 Å². The number of para-hydroxylation sites is 2. The van der Waals surface area contributed by atoms with Gasteiger partial charge in [-0.15, -0.1) is 0 Å². The molecule has 0 radical (unpaired) electrons. The highest BCUT2D eigenvalue weighted by Crippen LogP contribution is 2.33. The molecule has 2 N–H and O–H groups in total. The molecule has 1 saturated heterocycles. The molecule has 0 aromatic heterocycles. The lowest BCUT2D eigenvalue weighted by atomic mass is 9.89. The zero-order valence-electron chi connectivity index (χ0n) is 15.6. The molecule has 28 heavy (non-hydrogen) atoms. The van der Waals surface area contributed by atoms with Crippen LogP contribution >= 0.6 is 0 Å². The van der Waals surface area contributed by atoms with Gasteiger partial charge in [0.25, 0.3) is 5.91 Å². The number of hydrogen-bond donors (Lipinski definition) is 2. The Hall–Kier alpha value is -3.15. The summed E-state index contributed by atoms with van der Waals surface area (Å²) in [5.41, 5.74) is 2.44. The quantitative estimate of drug-likeness (QED) is 0.861. The van der Waals surface area contributed by atoms with Crippen molar-refractivity contribution < 1.29 is 14.4 Å². The van der Waals surface area contributed by atoms with Crippen molar-refractivity contribution in [2.24, 2.45) is 0 Å². The van der Waals surface area contributed by atoms with Crippen LogP contribution in [-0.2, 0) is 9.59 Å². The monoisotopic (exact) mass is 377 g/mol. The molecule has 144 valence electrons. The Morgan fingerprint density at radius 1 is 0.964 bits per heavy atom. The first-order chi connectivity index (χ1) is 13.6. The molecule has 0 spiro atoms. The summed E-state index contributed by atoms with van der Waals surface area (Å²) < 4.78 is 0. The predicted molar refractivity (Wildman–Crippen MR) is 107 cm³/mol. The second-order valence-corrected chi connectivity index (χ2v) is 7.28. The van der Waals surface area contributed by atoms with Gasteiger partial charge in [-0.25, -0.2) is 0 Å². The van der Waals surface area contributed by atoms with Crippen LogP contribution in [0.2, 0.25) is 0 Å². The number of rotatable bonds is 3. The molecule has 0 aliphatic carbocycles. The number of likely N-dealkylation sites (tertiary alicyclic amines) is 1. The standard InChI is InChI=1S/C22H23N3O3/c26-20-14-17(15-8-2-4-10-18(15)23-20)21(27)24-19-11-5-3-9-16(19)22(28)25-12-6-1-7-13-25/h2-5,8-11,17H,1,6-7,12-14H2,(H,23,26)(H,24,27). The third-order valence-electron chi connectivity index (χ3n) is 5.37. The number of piperidine rings is 1. The van der Waals surface area contributed by atoms with Crippen LogP contribution in [0.15, 0.2) is 48.5 Å². The Bertz CT molecular complexity index is 919. The molecule has 2 aromatic rings. The summed E-state index contributed by atoms with van der Waals surface area (Å²) in [5.74, 6) is -1.10. The van der Waals surface area contributed by atoms with Crippen molar-refractivity contribution in [3.63, 3.8) is 0 Å². The summed E-state index contributed by atoms with van der Waals surface area (Å²) >= 11 is 0. The van der Waals surface area contributed by atoms with E-state index in [2.05, 4.69) is 10.6 Å². The van der Waals surface area contributed by atoms with E-state index in [0.29, 0.717) is 16.9 Å². The van der Waals surface area contributed by atoms with E-state index in [1.807, 2.05) is 23.1 Å². The predicted octanol–water partition coefficient (Wildman–Crippen LogP) is 3.38. The largest absolute Gasteiger partial charge is 0.339 e. The van der Waals surface area contributed by atoms with Crippen LogP contribution in [-0.4, -0.2) is 35.7 Å². The Labute approximate surface area is 163 Å². The summed E-state index contributed by atoms with van der Waals surface area (Å²) in [6, 6.07) is 14.4. The maximum atomic E-state index is 13.0. The summed E-state index contributed by atoms with van der Waals surface area (Å²) in [6.07, 6.45) is 3.25. The number of fused-ring (bicyclic) bond motifs is 1. The summed E-state index contributed by atoms with van der Waals surface area (Å²) in [7, 11) is 0. The highest BCUT2D eigenvalue weighted by atomic mass is 16.2. The van der Waals surface area contributed by atoms with Gasteiger partial charge in [-0.3, -0.25) is 14.4 Å². The van der Waals surface area contributed by atoms with Crippen LogP contribution in [0.3, 0.4) is 0 Å². The van der Waals surface area contributed by atoms with Gasteiger partial charge in [-0.2, -0.15) is 0 Å². The van der Waals surface area contributed by atoms with Crippen LogP contribution in [0.1, 0.15) is 47.5 Å². The van der Waals surface area contributed by atoms with Crippen LogP contribution in [0.25, 0.3) is 0 Å². The first kappa shape index (κ1) is 18.2. The van der Waals surface area contributed by atoms with E-state index >= 15 is 0 Å². The van der Waals surface area contributed by atoms with Crippen molar-refractivity contribution >= 4 is 29.1 Å². The van der Waals surface area contributed by atoms with Crippen molar-refractivity contribution in [1.82, 2.24) is 4.90 Å². The molecule has 1 unspecified atom stereocenters. The molecule has 2 heterocycles. The molecule has 2 aliphatic rings. The Kier molecular flexibility index (Phi) is 5.10. The lowest BCUT2D eigenvalue weighted by molar-refractivity contribution is -0.123. The summed E-state index contributed by atoms with van der Waals surface area (Å²) in [4.78, 5) is 39.8. The first-order valence-corrected chi connectivity index (χ1v) is 9.71. The maximum absolute atomic E-state index is 13.0. The van der Waals surface area contributed by atoms with Gasteiger partial charge < -0.3 is 15.5 Å². The van der Waals surface area contributed by atoms with Gasteiger partial charge in [0, 0.05) is 25.2 Å². The fourth-order valence-electron chi connectivity index (χ4n) is 3.91. The second-order valence-electron chi connectivity index (χ2n) is 7.28. The molecule has 0 bridgehead atoms. The topological polar surface area (TPSA) is 78.5 Å². The van der Waals surface area contributed by atoms with Gasteiger partial charge in [0.2, 0.25) is 11.8 Å². The number of benzene rings is 2. The third kappa shape index (κ3) is 3.63. The Morgan fingerprint density at radius 3 is 2.50 bits per heavy atom. The van der Waals surface area contributed by atoms with Gasteiger partial charge in [0.15, 0.2) is 0 Å². The van der Waals surface area contributed by atoms with Crippen molar-refractivity contribution in [3.8, 4) is 0 Å². The number of nitrogens with zero attached hydrogens (tertiary/aromatic N) is 1. The number of amides is 3. The number of nitrogens with one attached hydrogen (secondary N) is 2. The Morgan fingerprint density at radius 2 is 1.68 bits per heavy atom. The molecule has 3 amide bonds. The van der Waals surface area contributed by atoms with E-state index in [9.17, 15) is 14.4 Å². The molecular formula is C22H23N3O3. The lowest BCUT2D eigenvalue weighted by Gasteiger charge is -2.28. The molecule has 1 atom stereocenters. The van der Waals surface area contributed by atoms with Crippen LogP contribution in [0, 0.1) is 0 Å². The second kappa shape index (κ2) is 7.84. The number of hydrogen-bond acceptors (Lipinski definition) is 3. The fourth-order valence-corrected chi connectivity index (χ4v) is 3.91. The smallest absolute Gasteiger partial charge is 0.255 e. The molecule has 2 aromatic carbocycles. The average molecular weight is 377 g/mol. The first-order valence-electron chi connectivity index (χ1n) is 9.71. The minimum atomic E-state index is -0.580. The van der Waals surface area contributed by atoms with Crippen LogP contribution in [0.4, 0.5) is 11.4 Å². The van der Waals surface area contributed by atoms with E-state index in [0.717, 1.165) is 37.9 Å². The molecule has 4 rings (SSSR count). The van der Waals surface area contributed by atoms with Crippen molar-refractivity contribution in [2.45, 2.75) is 31.6 Å². The zero-order valence-corrected chi connectivity index (χ0v) is 15.6. The van der Waals surface area contributed by atoms with Gasteiger partial charge in [0.1, 0.15) is 0 Å². The molecular weight excluding hydrogens is 354 g/mol. The average Bonchev–Trinajstić information content (AvgIpc) is 2.73. The summed E-state index contributed by atoms with van der Waals surface area (Å²) in [6.45, 7) is 1.49. The van der Waals surface area contributed by atoms with E-state index in [1.165, 1.54) is 0 Å². The highest BCUT2D eigenvalue weighted by Gasteiger charge is 2.31. The van der Waals surface area contributed by atoms with E-state index in [4.69, 9.17) is 0 Å². The molecule has 6 heteroatoms. The SMILES string of the molecule is O=C1CC(C(=O)Nc2ccccc2C(=O)N2CCCCC2)c2ccccc2N1. The summed E-state index contributed by atoms with van der Waals surface area (Å²) in [5, 5.41) is 5.70. The number of carbonyl (C=O) groups excluding carboxylic acids is 3. The molecule has 0 saturated carbocycles. The van der Waals surface area contributed by atoms with Crippen molar-refractivity contribution in [1.29, 1.82) is 0 Å². The zero-order chi connectivity index (χ0) is 19.5. The minimum absolute atomic E-state index is 0.0580. The van der Waals surface area contributed by atoms with Gasteiger partial charge >= 0.3 is 0 Å². The number of anilines is 2. The van der Waals surface area contributed by atoms with Gasteiger partial charge in [0.05, 0.1) is 17.2 Å². The lowest BCUT2D eigenvalue weighted by Crippen LogP contribution is -2.36. The van der Waals surface area contributed by atoms with Crippen molar-refractivity contribution in [3.05, 3.63) is 59.7 Å². The minimum Gasteiger partial charge on any atom is -0.339 e.